The van der Waals surface area contributed by atoms with E-state index in [9.17, 15) is 33.9 Å². The number of benzene rings is 1. The van der Waals surface area contributed by atoms with Crippen LogP contribution in [0.4, 0.5) is 5.69 Å². The van der Waals surface area contributed by atoms with Crippen molar-refractivity contribution in [2.45, 2.75) is 103 Å². The van der Waals surface area contributed by atoms with Crippen LogP contribution in [0, 0.1) is 0 Å². The van der Waals surface area contributed by atoms with Gasteiger partial charge in [0.1, 0.15) is 12.1 Å². The van der Waals surface area contributed by atoms with Crippen molar-refractivity contribution in [3.05, 3.63) is 102 Å². The zero-order valence-corrected chi connectivity index (χ0v) is 29.4. The monoisotopic (exact) mass is 698 g/mol. The van der Waals surface area contributed by atoms with Crippen molar-refractivity contribution >= 4 is 41.2 Å². The van der Waals surface area contributed by atoms with Gasteiger partial charge in [-0.3, -0.25) is 34.1 Å². The maximum absolute atomic E-state index is 13.3. The Bertz CT molecular complexity index is 1570. The van der Waals surface area contributed by atoms with Crippen LogP contribution in [0.15, 0.2) is 91.1 Å². The molecule has 51 heavy (non-hydrogen) atoms. The molecule has 1 fully saturated rings. The molecule has 0 bridgehead atoms. The first kappa shape index (κ1) is 40.1. The van der Waals surface area contributed by atoms with E-state index in [0.29, 0.717) is 23.2 Å². The third-order valence-corrected chi connectivity index (χ3v) is 8.27. The Morgan fingerprint density at radius 1 is 0.863 bits per heavy atom. The Labute approximate surface area is 300 Å². The first-order chi connectivity index (χ1) is 24.7. The Kier molecular flexibility index (Phi) is 17.6. The summed E-state index contributed by atoms with van der Waals surface area (Å²) in [5.41, 5.74) is 1.15. The van der Waals surface area contributed by atoms with Gasteiger partial charge < -0.3 is 20.6 Å². The van der Waals surface area contributed by atoms with Crippen molar-refractivity contribution < 1.29 is 33.9 Å². The highest BCUT2D eigenvalue weighted by Gasteiger charge is 2.40. The number of nitrogens with zero attached hydrogens (tertiary/aromatic N) is 1. The summed E-state index contributed by atoms with van der Waals surface area (Å²) in [5.74, 6) is -3.43. The highest BCUT2D eigenvalue weighted by molar-refractivity contribution is 6.07. The molecule has 2 aliphatic heterocycles. The first-order valence-electron chi connectivity index (χ1n) is 17.7. The van der Waals surface area contributed by atoms with Gasteiger partial charge in [-0.15, -0.1) is 0 Å². The molecule has 2 heterocycles. The maximum atomic E-state index is 13.3. The van der Waals surface area contributed by atoms with Crippen LogP contribution in [0.5, 0.6) is 0 Å². The molecule has 11 nitrogen and oxygen atoms in total. The number of rotatable bonds is 21. The predicted molar refractivity (Wildman–Crippen MR) is 197 cm³/mol. The van der Waals surface area contributed by atoms with Gasteiger partial charge in [0.2, 0.25) is 23.6 Å². The van der Waals surface area contributed by atoms with Crippen molar-refractivity contribution in [3.8, 4) is 0 Å². The number of carbonyl (C=O) groups excluding carboxylic acids is 5. The molecule has 272 valence electrons. The summed E-state index contributed by atoms with van der Waals surface area (Å²) >= 11 is 0. The van der Waals surface area contributed by atoms with Gasteiger partial charge >= 0.3 is 5.97 Å². The number of carbonyl (C=O) groups is 6. The van der Waals surface area contributed by atoms with E-state index in [1.807, 2.05) is 12.2 Å². The van der Waals surface area contributed by atoms with Crippen molar-refractivity contribution in [1.29, 1.82) is 0 Å². The number of aliphatic carboxylic acids is 1. The van der Waals surface area contributed by atoms with Gasteiger partial charge in [-0.1, -0.05) is 85.9 Å². The molecule has 4 N–H and O–H groups in total. The summed E-state index contributed by atoms with van der Waals surface area (Å²) in [7, 11) is 0. The molecule has 1 aromatic rings. The minimum Gasteiger partial charge on any atom is -0.481 e. The summed E-state index contributed by atoms with van der Waals surface area (Å²) in [6, 6.07) is 2.87. The number of nitrogens with one attached hydrogen (secondary N) is 3. The lowest BCUT2D eigenvalue weighted by Gasteiger charge is -2.29. The molecule has 1 saturated heterocycles. The van der Waals surface area contributed by atoms with Crippen LogP contribution >= 0.6 is 0 Å². The van der Waals surface area contributed by atoms with Crippen LogP contribution in [0.25, 0.3) is 0 Å². The fourth-order valence-electron chi connectivity index (χ4n) is 5.58. The average molecular weight is 699 g/mol. The minimum atomic E-state index is -1.11. The largest absolute Gasteiger partial charge is 0.481 e. The lowest BCUT2D eigenvalue weighted by Crippen LogP contribution is -2.52. The minimum absolute atomic E-state index is 0.0506. The second kappa shape index (κ2) is 22.4. The predicted octanol–water partition coefficient (Wildman–Crippen LogP) is 6.21. The van der Waals surface area contributed by atoms with Crippen molar-refractivity contribution in [3.63, 3.8) is 0 Å². The van der Waals surface area contributed by atoms with Gasteiger partial charge in [-0.2, -0.15) is 0 Å². The normalized spacial score (nSPS) is 17.1. The van der Waals surface area contributed by atoms with Crippen LogP contribution in [0.1, 0.15) is 99.9 Å². The average Bonchev–Trinajstić information content (AvgIpc) is 3.44. The molecule has 3 rings (SSSR count). The number of amides is 5. The highest BCUT2D eigenvalue weighted by Crippen LogP contribution is 2.32. The van der Waals surface area contributed by atoms with Gasteiger partial charge in [-0.05, 0) is 69.9 Å². The summed E-state index contributed by atoms with van der Waals surface area (Å²) in [6.45, 7) is 2.18. The van der Waals surface area contributed by atoms with E-state index in [0.717, 1.165) is 38.5 Å². The summed E-state index contributed by atoms with van der Waals surface area (Å²) in [5, 5.41) is 16.9. The second-order valence-corrected chi connectivity index (χ2v) is 12.2. The molecule has 0 aromatic heterocycles. The van der Waals surface area contributed by atoms with E-state index in [-0.39, 0.29) is 50.5 Å². The maximum Gasteiger partial charge on any atom is 0.303 e. The number of allylic oxidation sites excluding steroid dienone is 12. The quantitative estimate of drug-likeness (QED) is 0.0876. The lowest BCUT2D eigenvalue weighted by atomic mass is 10.0. The van der Waals surface area contributed by atoms with E-state index in [4.69, 9.17) is 0 Å². The molecule has 1 aromatic carbocycles. The van der Waals surface area contributed by atoms with Gasteiger partial charge in [-0.25, -0.2) is 0 Å². The van der Waals surface area contributed by atoms with E-state index in [1.165, 1.54) is 4.90 Å². The molecule has 0 saturated carbocycles. The lowest BCUT2D eigenvalue weighted by molar-refractivity contribution is -0.138. The van der Waals surface area contributed by atoms with E-state index >= 15 is 0 Å². The Morgan fingerprint density at radius 2 is 1.45 bits per heavy atom. The number of carboxylic acid groups (broad SMARTS) is 1. The van der Waals surface area contributed by atoms with E-state index < -0.39 is 35.8 Å². The molecule has 2 atom stereocenters. The molecule has 11 heteroatoms. The SMILES string of the molecule is CC/C=C\C/C=C\C/C=C\C/C=C\C/C=C\C/C=C\CCC(=O)N[C@@H](CCC(=O)O)C(=O)Nc1cccc2c1CN(C1CCC(=O)NC1=O)C2=O. The third-order valence-electron chi connectivity index (χ3n) is 8.27. The zero-order chi connectivity index (χ0) is 36.8. The first-order valence-corrected chi connectivity index (χ1v) is 17.7. The summed E-state index contributed by atoms with van der Waals surface area (Å²) < 4.78 is 0. The molecular weight excluding hydrogens is 648 g/mol. The number of carboxylic acids is 1. The van der Waals surface area contributed by atoms with Gasteiger partial charge in [0.15, 0.2) is 0 Å². The fraction of sp³-hybridized carbons (Fsp3) is 0.400. The molecule has 1 unspecified atom stereocenters. The van der Waals surface area contributed by atoms with Crippen LogP contribution < -0.4 is 16.0 Å². The van der Waals surface area contributed by atoms with Crippen LogP contribution in [-0.4, -0.2) is 57.6 Å². The Balaban J connectivity index is 1.41. The zero-order valence-electron chi connectivity index (χ0n) is 29.4. The Hall–Kier alpha value is -5.32. The standard InChI is InChI=1S/C40H50N4O7/c1-2-3-4-5-6-7-8-9-10-11-12-13-14-15-16-17-18-19-20-24-35(45)41-33(25-28-37(47)48)38(49)42-32-23-21-22-30-31(32)29-44(40(30)51)34-26-27-36(46)43-39(34)50/h3-4,6-7,9-10,12-13,15-16,18-19,21-23,33-34H,2,5,8,11,14,17,20,24-29H2,1H3,(H,41,45)(H,42,49)(H,47,48)(H,43,46,50)/b4-3-,7-6-,10-9-,13-12-,16-15-,19-18-/t33-,34?/m0/s1. The topological polar surface area (TPSA) is 162 Å². The van der Waals surface area contributed by atoms with Gasteiger partial charge in [0.25, 0.3) is 5.91 Å². The highest BCUT2D eigenvalue weighted by atomic mass is 16.4. The molecule has 2 aliphatic rings. The van der Waals surface area contributed by atoms with Crippen LogP contribution in [0.2, 0.25) is 0 Å². The third kappa shape index (κ3) is 14.2. The fourth-order valence-corrected chi connectivity index (χ4v) is 5.58. The second-order valence-electron chi connectivity index (χ2n) is 12.2. The smallest absolute Gasteiger partial charge is 0.303 e. The molecule has 0 spiro atoms. The van der Waals surface area contributed by atoms with Crippen molar-refractivity contribution in [2.75, 3.05) is 5.32 Å². The number of fused-ring (bicyclic) bond motifs is 1. The number of hydrogen-bond acceptors (Lipinski definition) is 6. The Morgan fingerprint density at radius 3 is 2.02 bits per heavy atom. The molecular formula is C40H50N4O7. The van der Waals surface area contributed by atoms with Crippen molar-refractivity contribution in [2.24, 2.45) is 0 Å². The molecule has 0 radical (unpaired) electrons. The van der Waals surface area contributed by atoms with Crippen LogP contribution in [-0.2, 0) is 30.5 Å². The van der Waals surface area contributed by atoms with E-state index in [1.54, 1.807) is 18.2 Å². The van der Waals surface area contributed by atoms with E-state index in [2.05, 4.69) is 83.6 Å². The van der Waals surface area contributed by atoms with Crippen LogP contribution in [0.3, 0.4) is 0 Å². The molecule has 0 aliphatic carbocycles. The number of imide groups is 1. The van der Waals surface area contributed by atoms with Gasteiger partial charge in [0.05, 0.1) is 0 Å². The summed E-state index contributed by atoms with van der Waals surface area (Å²) in [4.78, 5) is 75.8. The molecule has 5 amide bonds. The number of anilines is 1. The number of hydrogen-bond donors (Lipinski definition) is 4. The van der Waals surface area contributed by atoms with Crippen molar-refractivity contribution in [1.82, 2.24) is 15.5 Å². The number of piperidine rings is 1. The summed E-state index contributed by atoms with van der Waals surface area (Å²) in [6.07, 6.45) is 31.2. The van der Waals surface area contributed by atoms with Gasteiger partial charge in [0, 0.05) is 42.6 Å².